The number of aryl methyl sites for hydroxylation is 1. The van der Waals surface area contributed by atoms with Gasteiger partial charge in [-0.3, -0.25) is 4.79 Å². The highest BCUT2D eigenvalue weighted by Crippen LogP contribution is 2.45. The van der Waals surface area contributed by atoms with Crippen LogP contribution in [0.1, 0.15) is 63.0 Å². The van der Waals surface area contributed by atoms with E-state index < -0.39 is 0 Å². The molecule has 1 aliphatic rings. The van der Waals surface area contributed by atoms with Crippen molar-refractivity contribution in [1.29, 1.82) is 0 Å². The molecule has 116 valence electrons. The number of rotatable bonds is 2. The highest BCUT2D eigenvalue weighted by atomic mass is 35.5. The molecule has 21 heavy (non-hydrogen) atoms. The fourth-order valence-electron chi connectivity index (χ4n) is 3.98. The predicted molar refractivity (Wildman–Crippen MR) is 86.7 cm³/mol. The van der Waals surface area contributed by atoms with Crippen LogP contribution in [0.25, 0.3) is 0 Å². The molecule has 1 amide bonds. The van der Waals surface area contributed by atoms with Crippen molar-refractivity contribution in [2.45, 2.75) is 59.9 Å². The SMILES string of the molecule is Cc1cc(C(=O)NC2CC(C)(C)CC(C)(C)C2)cc(Cl)n1. The molecule has 1 heterocycles. The quantitative estimate of drug-likeness (QED) is 0.824. The summed E-state index contributed by atoms with van der Waals surface area (Å²) in [5.41, 5.74) is 1.86. The maximum Gasteiger partial charge on any atom is 0.251 e. The number of nitrogens with one attached hydrogen (secondary N) is 1. The largest absolute Gasteiger partial charge is 0.349 e. The molecule has 0 aliphatic heterocycles. The summed E-state index contributed by atoms with van der Waals surface area (Å²) in [6, 6.07) is 3.62. The van der Waals surface area contributed by atoms with E-state index in [0.717, 1.165) is 18.5 Å². The lowest BCUT2D eigenvalue weighted by Crippen LogP contribution is -2.46. The Balaban J connectivity index is 2.12. The number of carbonyl (C=O) groups excluding carboxylic acids is 1. The van der Waals surface area contributed by atoms with E-state index in [1.165, 1.54) is 6.42 Å². The Kier molecular flexibility index (Phi) is 4.34. The number of aromatic nitrogens is 1. The van der Waals surface area contributed by atoms with Gasteiger partial charge in [0.25, 0.3) is 5.91 Å². The molecule has 3 nitrogen and oxygen atoms in total. The second-order valence-corrected chi connectivity index (χ2v) is 8.29. The van der Waals surface area contributed by atoms with Gasteiger partial charge in [0.1, 0.15) is 5.15 Å². The first-order chi connectivity index (χ1) is 9.56. The molecule has 1 aromatic heterocycles. The molecule has 1 aliphatic carbocycles. The van der Waals surface area contributed by atoms with Crippen LogP contribution in [-0.4, -0.2) is 16.9 Å². The standard InChI is InChI=1S/C17H25ClN2O/c1-11-6-12(7-14(18)19-11)15(21)20-13-8-16(2,3)10-17(4,5)9-13/h6-7,13H,8-10H2,1-5H3,(H,20,21). The number of hydrogen-bond acceptors (Lipinski definition) is 2. The molecule has 0 radical (unpaired) electrons. The molecule has 0 spiro atoms. The normalized spacial score (nSPS) is 21.0. The van der Waals surface area contributed by atoms with Gasteiger partial charge < -0.3 is 5.32 Å². The summed E-state index contributed by atoms with van der Waals surface area (Å²) in [6.07, 6.45) is 3.21. The molecule has 1 saturated carbocycles. The van der Waals surface area contributed by atoms with Crippen molar-refractivity contribution in [2.75, 3.05) is 0 Å². The Morgan fingerprint density at radius 1 is 1.24 bits per heavy atom. The van der Waals surface area contributed by atoms with Crippen molar-refractivity contribution in [3.63, 3.8) is 0 Å². The molecule has 4 heteroatoms. The van der Waals surface area contributed by atoms with E-state index in [0.29, 0.717) is 10.7 Å². The van der Waals surface area contributed by atoms with Crippen molar-refractivity contribution >= 4 is 17.5 Å². The molecule has 1 N–H and O–H groups in total. The summed E-state index contributed by atoms with van der Waals surface area (Å²) in [5, 5.41) is 3.54. The number of nitrogens with zero attached hydrogens (tertiary/aromatic N) is 1. The summed E-state index contributed by atoms with van der Waals surface area (Å²) >= 11 is 5.94. The second kappa shape index (κ2) is 5.60. The third-order valence-corrected chi connectivity index (χ3v) is 4.27. The highest BCUT2D eigenvalue weighted by molar-refractivity contribution is 6.29. The average Bonchev–Trinajstić information content (AvgIpc) is 2.22. The van der Waals surface area contributed by atoms with Gasteiger partial charge in [0.15, 0.2) is 0 Å². The fourth-order valence-corrected chi connectivity index (χ4v) is 4.23. The predicted octanol–water partition coefficient (Wildman–Crippen LogP) is 4.38. The first-order valence-corrected chi connectivity index (χ1v) is 7.89. The van der Waals surface area contributed by atoms with E-state index in [2.05, 4.69) is 38.0 Å². The topological polar surface area (TPSA) is 42.0 Å². The van der Waals surface area contributed by atoms with Crippen LogP contribution in [0.2, 0.25) is 5.15 Å². The Bertz CT molecular complexity index is 515. The average molecular weight is 309 g/mol. The number of pyridine rings is 1. The van der Waals surface area contributed by atoms with Crippen molar-refractivity contribution in [3.05, 3.63) is 28.5 Å². The van der Waals surface area contributed by atoms with Crippen LogP contribution in [0.15, 0.2) is 12.1 Å². The van der Waals surface area contributed by atoms with E-state index in [-0.39, 0.29) is 22.8 Å². The lowest BCUT2D eigenvalue weighted by atomic mass is 9.63. The maximum absolute atomic E-state index is 12.4. The maximum atomic E-state index is 12.4. The van der Waals surface area contributed by atoms with Crippen molar-refractivity contribution < 1.29 is 4.79 Å². The Labute approximate surface area is 132 Å². The van der Waals surface area contributed by atoms with Gasteiger partial charge in [-0.2, -0.15) is 0 Å². The van der Waals surface area contributed by atoms with Crippen molar-refractivity contribution in [3.8, 4) is 0 Å². The summed E-state index contributed by atoms with van der Waals surface area (Å²) in [5.74, 6) is -0.0547. The monoisotopic (exact) mass is 308 g/mol. The van der Waals surface area contributed by atoms with Crippen molar-refractivity contribution in [1.82, 2.24) is 10.3 Å². The minimum absolute atomic E-state index is 0.0547. The minimum atomic E-state index is -0.0547. The molecule has 0 saturated heterocycles. The third-order valence-electron chi connectivity index (χ3n) is 4.07. The van der Waals surface area contributed by atoms with Gasteiger partial charge in [0.2, 0.25) is 0 Å². The fraction of sp³-hybridized carbons (Fsp3) is 0.647. The number of hydrogen-bond donors (Lipinski definition) is 1. The van der Waals surface area contributed by atoms with Gasteiger partial charge in [0, 0.05) is 17.3 Å². The zero-order chi connectivity index (χ0) is 15.8. The van der Waals surface area contributed by atoms with E-state index in [1.54, 1.807) is 12.1 Å². The number of carbonyl (C=O) groups is 1. The third kappa shape index (κ3) is 4.44. The Morgan fingerprint density at radius 3 is 2.33 bits per heavy atom. The van der Waals surface area contributed by atoms with Gasteiger partial charge in [-0.25, -0.2) is 4.98 Å². The van der Waals surface area contributed by atoms with Crippen LogP contribution >= 0.6 is 11.6 Å². The summed E-state index contributed by atoms with van der Waals surface area (Å²) < 4.78 is 0. The van der Waals surface area contributed by atoms with Gasteiger partial charge in [-0.05, 0) is 49.1 Å². The Morgan fingerprint density at radius 2 is 1.81 bits per heavy atom. The van der Waals surface area contributed by atoms with Crippen molar-refractivity contribution in [2.24, 2.45) is 10.8 Å². The molecule has 0 aromatic carbocycles. The van der Waals surface area contributed by atoms with Gasteiger partial charge in [0.05, 0.1) is 0 Å². The van der Waals surface area contributed by atoms with E-state index in [9.17, 15) is 4.79 Å². The van der Waals surface area contributed by atoms with Gasteiger partial charge in [-0.1, -0.05) is 39.3 Å². The van der Waals surface area contributed by atoms with Crippen LogP contribution in [0.5, 0.6) is 0 Å². The number of amides is 1. The first-order valence-electron chi connectivity index (χ1n) is 7.51. The second-order valence-electron chi connectivity index (χ2n) is 7.90. The van der Waals surface area contributed by atoms with Gasteiger partial charge >= 0.3 is 0 Å². The Hall–Kier alpha value is -1.09. The van der Waals surface area contributed by atoms with Crippen LogP contribution in [0.3, 0.4) is 0 Å². The van der Waals surface area contributed by atoms with Crippen LogP contribution in [0, 0.1) is 17.8 Å². The smallest absolute Gasteiger partial charge is 0.251 e. The van der Waals surface area contributed by atoms with Crippen LogP contribution < -0.4 is 5.32 Å². The molecule has 0 bridgehead atoms. The van der Waals surface area contributed by atoms with E-state index in [4.69, 9.17) is 11.6 Å². The lowest BCUT2D eigenvalue weighted by Gasteiger charge is -2.45. The zero-order valence-corrected chi connectivity index (χ0v) is 14.3. The summed E-state index contributed by atoms with van der Waals surface area (Å²) in [7, 11) is 0. The number of halogens is 1. The zero-order valence-electron chi connectivity index (χ0n) is 13.6. The highest BCUT2D eigenvalue weighted by Gasteiger charge is 2.38. The van der Waals surface area contributed by atoms with Crippen LogP contribution in [0.4, 0.5) is 0 Å². The molecular weight excluding hydrogens is 284 g/mol. The molecule has 2 rings (SSSR count). The van der Waals surface area contributed by atoms with E-state index in [1.807, 2.05) is 6.92 Å². The molecule has 0 atom stereocenters. The first kappa shape index (κ1) is 16.3. The van der Waals surface area contributed by atoms with Crippen LogP contribution in [-0.2, 0) is 0 Å². The minimum Gasteiger partial charge on any atom is -0.349 e. The van der Waals surface area contributed by atoms with Gasteiger partial charge in [-0.15, -0.1) is 0 Å². The molecule has 0 unspecified atom stereocenters. The summed E-state index contributed by atoms with van der Waals surface area (Å²) in [4.78, 5) is 16.5. The molecular formula is C17H25ClN2O. The molecule has 1 fully saturated rings. The summed E-state index contributed by atoms with van der Waals surface area (Å²) in [6.45, 7) is 11.0. The van der Waals surface area contributed by atoms with E-state index >= 15 is 0 Å². The molecule has 1 aromatic rings. The lowest BCUT2D eigenvalue weighted by molar-refractivity contribution is 0.0713.